The predicted octanol–water partition coefficient (Wildman–Crippen LogP) is 2.95. The number of benzene rings is 2. The van der Waals surface area contributed by atoms with Gasteiger partial charge in [-0.2, -0.15) is 13.2 Å². The lowest BCUT2D eigenvalue weighted by molar-refractivity contribution is -0.151. The molecule has 2 aromatic carbocycles. The monoisotopic (exact) mass is 571 g/mol. The second-order valence-corrected chi connectivity index (χ2v) is 10.3. The molecule has 3 rings (SSSR count). The van der Waals surface area contributed by atoms with E-state index in [0.29, 0.717) is 10.5 Å². The largest absolute Gasteiger partial charge is 0.508 e. The summed E-state index contributed by atoms with van der Waals surface area (Å²) in [6, 6.07) is 8.99. The normalized spacial score (nSPS) is 19.5. The van der Waals surface area contributed by atoms with E-state index in [1.54, 1.807) is 35.6 Å². The Morgan fingerprint density at radius 1 is 1.07 bits per heavy atom. The average Bonchev–Trinajstić information content (AvgIpc) is 3.06. The Kier molecular flexibility index (Phi) is 8.77. The fraction of sp³-hybridized carbons (Fsp3) is 0.444. The molecule has 0 saturated carbocycles. The average molecular weight is 572 g/mol. The number of nitrogens with one attached hydrogen (secondary N) is 2. The van der Waals surface area contributed by atoms with Crippen LogP contribution in [0.4, 0.5) is 22.0 Å². The molecule has 3 amide bonds. The quantitative estimate of drug-likeness (QED) is 0.364. The zero-order chi connectivity index (χ0) is 30.0. The summed E-state index contributed by atoms with van der Waals surface area (Å²) >= 11 is 0. The molecule has 0 bridgehead atoms. The number of phenols is 1. The molecule has 8 nitrogen and oxygen atoms in total. The predicted molar refractivity (Wildman–Crippen MR) is 134 cm³/mol. The number of likely N-dealkylation sites (tertiary alicyclic amines) is 1. The molecule has 0 spiro atoms. The molecule has 1 unspecified atom stereocenters. The van der Waals surface area contributed by atoms with Crippen molar-refractivity contribution in [2.75, 3.05) is 13.1 Å². The Hall–Kier alpha value is -3.74. The molecule has 0 aliphatic carbocycles. The minimum Gasteiger partial charge on any atom is -0.508 e. The van der Waals surface area contributed by atoms with Gasteiger partial charge < -0.3 is 25.7 Å². The van der Waals surface area contributed by atoms with Gasteiger partial charge in [0.05, 0.1) is 18.0 Å². The fourth-order valence-corrected chi connectivity index (χ4v) is 4.62. The van der Waals surface area contributed by atoms with Crippen LogP contribution in [0.1, 0.15) is 35.3 Å². The first-order chi connectivity index (χ1) is 18.5. The van der Waals surface area contributed by atoms with Gasteiger partial charge in [0, 0.05) is 11.1 Å². The van der Waals surface area contributed by atoms with E-state index in [1.165, 1.54) is 25.1 Å². The lowest BCUT2D eigenvalue weighted by Crippen LogP contribution is -2.58. The van der Waals surface area contributed by atoms with Gasteiger partial charge >= 0.3 is 6.18 Å². The van der Waals surface area contributed by atoms with Gasteiger partial charge in [0.1, 0.15) is 18.3 Å². The van der Waals surface area contributed by atoms with Crippen LogP contribution in [-0.2, 0) is 16.0 Å². The molecule has 13 heteroatoms. The first-order valence-corrected chi connectivity index (χ1v) is 12.3. The summed E-state index contributed by atoms with van der Waals surface area (Å²) in [4.78, 5) is 39.6. The smallest absolute Gasteiger partial charge is 0.405 e. The SMILES string of the molecule is Cc1c(O)cccc1C(=O)N[C@@H](Cc1ccccc1)[C@H](O)C(=O)N1CC(F)(F)C(C)(C)C1C(=O)NCC(F)(F)F. The summed E-state index contributed by atoms with van der Waals surface area (Å²) in [5, 5.41) is 25.1. The van der Waals surface area contributed by atoms with E-state index in [9.17, 15) is 46.5 Å². The Bertz CT molecular complexity index is 1250. The molecule has 1 saturated heterocycles. The van der Waals surface area contributed by atoms with Gasteiger partial charge in [-0.3, -0.25) is 14.4 Å². The van der Waals surface area contributed by atoms with Crippen molar-refractivity contribution in [1.82, 2.24) is 15.5 Å². The number of rotatable bonds is 8. The third kappa shape index (κ3) is 6.52. The van der Waals surface area contributed by atoms with Gasteiger partial charge in [-0.05, 0) is 31.0 Å². The number of carbonyl (C=O) groups is 3. The summed E-state index contributed by atoms with van der Waals surface area (Å²) in [6.07, 6.45) is -7.13. The molecule has 1 fully saturated rings. The van der Waals surface area contributed by atoms with Crippen LogP contribution in [0.2, 0.25) is 0 Å². The molecule has 1 heterocycles. The number of carbonyl (C=O) groups excluding carboxylic acids is 3. The number of aliphatic hydroxyl groups is 1. The van der Waals surface area contributed by atoms with Crippen molar-refractivity contribution in [2.45, 2.75) is 57.5 Å². The molecule has 4 N–H and O–H groups in total. The standard InChI is InChI=1S/C27H30F5N3O5/c1-15-17(10-7-11-19(15)36)22(38)34-18(12-16-8-5-4-6-9-16)20(37)24(40)35-14-26(28,29)25(2,3)21(35)23(39)33-13-27(30,31)32/h4-11,18,20-21,36-37H,12-14H2,1-3H3,(H,33,39)(H,34,38)/t18-,20-,21?/m0/s1. The molecule has 3 atom stereocenters. The first kappa shape index (κ1) is 30.8. The van der Waals surface area contributed by atoms with E-state index in [-0.39, 0.29) is 23.3 Å². The summed E-state index contributed by atoms with van der Waals surface area (Å²) in [5.74, 6) is -7.49. The Morgan fingerprint density at radius 3 is 2.30 bits per heavy atom. The number of hydrogen-bond donors (Lipinski definition) is 4. The highest BCUT2D eigenvalue weighted by atomic mass is 19.4. The van der Waals surface area contributed by atoms with Crippen LogP contribution in [0.15, 0.2) is 48.5 Å². The van der Waals surface area contributed by atoms with Crippen molar-refractivity contribution in [3.8, 4) is 5.75 Å². The molecular formula is C27H30F5N3O5. The van der Waals surface area contributed by atoms with Gasteiger partial charge in [0.15, 0.2) is 6.10 Å². The summed E-state index contributed by atoms with van der Waals surface area (Å²) in [6.45, 7) is 0.218. The highest BCUT2D eigenvalue weighted by molar-refractivity contribution is 5.97. The Labute approximate surface area is 227 Å². The molecule has 40 heavy (non-hydrogen) atoms. The van der Waals surface area contributed by atoms with E-state index in [2.05, 4.69) is 5.32 Å². The van der Waals surface area contributed by atoms with Crippen molar-refractivity contribution in [1.29, 1.82) is 0 Å². The number of halogens is 5. The number of hydrogen-bond acceptors (Lipinski definition) is 5. The minimum absolute atomic E-state index is 0.0240. The number of nitrogens with zero attached hydrogens (tertiary/aromatic N) is 1. The van der Waals surface area contributed by atoms with Crippen LogP contribution >= 0.6 is 0 Å². The lowest BCUT2D eigenvalue weighted by atomic mass is 9.81. The van der Waals surface area contributed by atoms with Crippen LogP contribution in [0.3, 0.4) is 0 Å². The molecule has 0 aromatic heterocycles. The Morgan fingerprint density at radius 2 is 1.70 bits per heavy atom. The molecular weight excluding hydrogens is 541 g/mol. The third-order valence-electron chi connectivity index (χ3n) is 7.10. The summed E-state index contributed by atoms with van der Waals surface area (Å²) < 4.78 is 68.1. The summed E-state index contributed by atoms with van der Waals surface area (Å²) in [5.41, 5.74) is -1.49. The van der Waals surface area contributed by atoms with Crippen LogP contribution in [-0.4, -0.2) is 76.2 Å². The molecule has 0 radical (unpaired) electrons. The van der Waals surface area contributed by atoms with E-state index in [4.69, 9.17) is 0 Å². The topological polar surface area (TPSA) is 119 Å². The maximum atomic E-state index is 15.0. The van der Waals surface area contributed by atoms with E-state index in [0.717, 1.165) is 13.8 Å². The Balaban J connectivity index is 1.94. The van der Waals surface area contributed by atoms with Crippen LogP contribution < -0.4 is 10.6 Å². The number of phenolic OH excluding ortho intramolecular Hbond substituents is 1. The number of alkyl halides is 5. The molecule has 218 valence electrons. The van der Waals surface area contributed by atoms with Crippen molar-refractivity contribution in [3.63, 3.8) is 0 Å². The van der Waals surface area contributed by atoms with Crippen LogP contribution in [0, 0.1) is 12.3 Å². The van der Waals surface area contributed by atoms with Gasteiger partial charge in [-0.15, -0.1) is 0 Å². The van der Waals surface area contributed by atoms with Gasteiger partial charge in [-0.1, -0.05) is 50.2 Å². The fourth-order valence-electron chi connectivity index (χ4n) is 4.62. The molecule has 1 aliphatic rings. The zero-order valence-electron chi connectivity index (χ0n) is 21.9. The van der Waals surface area contributed by atoms with Crippen molar-refractivity contribution >= 4 is 17.7 Å². The molecule has 2 aromatic rings. The molecule has 1 aliphatic heterocycles. The van der Waals surface area contributed by atoms with Crippen molar-refractivity contribution < 1.29 is 46.5 Å². The zero-order valence-corrected chi connectivity index (χ0v) is 21.9. The van der Waals surface area contributed by atoms with Crippen LogP contribution in [0.25, 0.3) is 0 Å². The maximum Gasteiger partial charge on any atom is 0.405 e. The highest BCUT2D eigenvalue weighted by Gasteiger charge is 2.64. The lowest BCUT2D eigenvalue weighted by Gasteiger charge is -2.34. The van der Waals surface area contributed by atoms with E-state index in [1.807, 2.05) is 0 Å². The third-order valence-corrected chi connectivity index (χ3v) is 7.10. The highest BCUT2D eigenvalue weighted by Crippen LogP contribution is 2.48. The number of aliphatic hydroxyl groups excluding tert-OH is 1. The maximum absolute atomic E-state index is 15.0. The van der Waals surface area contributed by atoms with Crippen molar-refractivity contribution in [2.24, 2.45) is 5.41 Å². The first-order valence-electron chi connectivity index (χ1n) is 12.3. The van der Waals surface area contributed by atoms with E-state index < -0.39 is 66.5 Å². The number of amides is 3. The van der Waals surface area contributed by atoms with Crippen molar-refractivity contribution in [3.05, 3.63) is 65.2 Å². The minimum atomic E-state index is -4.83. The number of aromatic hydroxyl groups is 1. The van der Waals surface area contributed by atoms with E-state index >= 15 is 0 Å². The second kappa shape index (κ2) is 11.4. The van der Waals surface area contributed by atoms with Gasteiger partial charge in [0.25, 0.3) is 17.7 Å². The van der Waals surface area contributed by atoms with Gasteiger partial charge in [-0.25, -0.2) is 8.78 Å². The van der Waals surface area contributed by atoms with Crippen LogP contribution in [0.5, 0.6) is 5.75 Å². The second-order valence-electron chi connectivity index (χ2n) is 10.3. The summed E-state index contributed by atoms with van der Waals surface area (Å²) in [7, 11) is 0. The van der Waals surface area contributed by atoms with Gasteiger partial charge in [0.2, 0.25) is 5.91 Å².